The van der Waals surface area contributed by atoms with Gasteiger partial charge in [0.1, 0.15) is 12.3 Å². The third-order valence-corrected chi connectivity index (χ3v) is 2.61. The summed E-state index contributed by atoms with van der Waals surface area (Å²) in [5.41, 5.74) is 0.582. The second-order valence-corrected chi connectivity index (χ2v) is 3.95. The standard InChI is InChI=1S/C13H14N2O3/c1-10-4-2-6-13(17)15(10)9-12(16)14-8-11-5-3-7-18-11/h2-7H,8-9H2,1H3,(H,14,16). The van der Waals surface area contributed by atoms with E-state index in [9.17, 15) is 9.59 Å². The summed E-state index contributed by atoms with van der Waals surface area (Å²) in [6.07, 6.45) is 1.55. The Morgan fingerprint density at radius 1 is 1.33 bits per heavy atom. The minimum absolute atomic E-state index is 0.0201. The Hall–Kier alpha value is -2.30. The van der Waals surface area contributed by atoms with Crippen LogP contribution in [0.5, 0.6) is 0 Å². The van der Waals surface area contributed by atoms with E-state index in [1.807, 2.05) is 0 Å². The third kappa shape index (κ3) is 2.88. The zero-order chi connectivity index (χ0) is 13.0. The number of aromatic nitrogens is 1. The number of carbonyl (C=O) groups is 1. The Morgan fingerprint density at radius 2 is 2.17 bits per heavy atom. The highest BCUT2D eigenvalue weighted by atomic mass is 16.3. The third-order valence-electron chi connectivity index (χ3n) is 2.61. The lowest BCUT2D eigenvalue weighted by molar-refractivity contribution is -0.122. The number of nitrogens with one attached hydrogen (secondary N) is 1. The average molecular weight is 246 g/mol. The number of furan rings is 1. The average Bonchev–Trinajstić information content (AvgIpc) is 2.84. The van der Waals surface area contributed by atoms with E-state index in [0.29, 0.717) is 12.3 Å². The fourth-order valence-electron chi connectivity index (χ4n) is 1.62. The summed E-state index contributed by atoms with van der Waals surface area (Å²) in [6.45, 7) is 2.14. The molecule has 0 saturated heterocycles. The van der Waals surface area contributed by atoms with Gasteiger partial charge in [-0.05, 0) is 25.1 Å². The van der Waals surface area contributed by atoms with Crippen LogP contribution in [0.4, 0.5) is 0 Å². The van der Waals surface area contributed by atoms with Crippen LogP contribution in [0, 0.1) is 6.92 Å². The number of amides is 1. The Bertz CT molecular complexity index is 585. The van der Waals surface area contributed by atoms with Crippen molar-refractivity contribution in [2.24, 2.45) is 0 Å². The van der Waals surface area contributed by atoms with Crippen LogP contribution in [0.3, 0.4) is 0 Å². The van der Waals surface area contributed by atoms with Crippen molar-refractivity contribution in [3.63, 3.8) is 0 Å². The van der Waals surface area contributed by atoms with E-state index in [0.717, 1.165) is 5.69 Å². The molecule has 0 fully saturated rings. The van der Waals surface area contributed by atoms with E-state index in [1.165, 1.54) is 10.6 Å². The van der Waals surface area contributed by atoms with Gasteiger partial charge in [0.2, 0.25) is 5.91 Å². The van der Waals surface area contributed by atoms with Crippen molar-refractivity contribution in [3.8, 4) is 0 Å². The van der Waals surface area contributed by atoms with E-state index in [4.69, 9.17) is 4.42 Å². The topological polar surface area (TPSA) is 64.2 Å². The molecule has 0 aliphatic heterocycles. The molecule has 5 nitrogen and oxygen atoms in total. The Labute approximate surface area is 104 Å². The highest BCUT2D eigenvalue weighted by molar-refractivity contribution is 5.75. The molecule has 0 radical (unpaired) electrons. The molecule has 0 aromatic carbocycles. The molecular formula is C13H14N2O3. The van der Waals surface area contributed by atoms with Crippen molar-refractivity contribution in [3.05, 3.63) is 58.4 Å². The number of hydrogen-bond acceptors (Lipinski definition) is 3. The molecule has 2 aromatic rings. The van der Waals surface area contributed by atoms with Gasteiger partial charge in [-0.15, -0.1) is 0 Å². The fourth-order valence-corrected chi connectivity index (χ4v) is 1.62. The van der Waals surface area contributed by atoms with Gasteiger partial charge in [-0.1, -0.05) is 6.07 Å². The number of nitrogens with zero attached hydrogens (tertiary/aromatic N) is 1. The molecular weight excluding hydrogens is 232 g/mol. The van der Waals surface area contributed by atoms with Crippen molar-refractivity contribution in [2.75, 3.05) is 0 Å². The first-order valence-electron chi connectivity index (χ1n) is 5.62. The highest BCUT2D eigenvalue weighted by Crippen LogP contribution is 1.99. The monoisotopic (exact) mass is 246 g/mol. The number of pyridine rings is 1. The Kier molecular flexibility index (Phi) is 3.62. The minimum Gasteiger partial charge on any atom is -0.467 e. The molecule has 2 heterocycles. The van der Waals surface area contributed by atoms with Crippen molar-refractivity contribution >= 4 is 5.91 Å². The summed E-state index contributed by atoms with van der Waals surface area (Å²) < 4.78 is 6.53. The number of carbonyl (C=O) groups excluding carboxylic acids is 1. The quantitative estimate of drug-likeness (QED) is 0.877. The summed E-state index contributed by atoms with van der Waals surface area (Å²) in [6, 6.07) is 8.44. The van der Waals surface area contributed by atoms with Gasteiger partial charge in [-0.25, -0.2) is 0 Å². The lowest BCUT2D eigenvalue weighted by atomic mass is 10.3. The van der Waals surface area contributed by atoms with E-state index >= 15 is 0 Å². The molecule has 1 amide bonds. The molecule has 0 aliphatic carbocycles. The number of rotatable bonds is 4. The maximum atomic E-state index is 11.7. The molecule has 0 spiro atoms. The molecule has 2 aromatic heterocycles. The van der Waals surface area contributed by atoms with Gasteiger partial charge < -0.3 is 14.3 Å². The number of hydrogen-bond donors (Lipinski definition) is 1. The van der Waals surface area contributed by atoms with Crippen LogP contribution in [-0.2, 0) is 17.9 Å². The predicted molar refractivity (Wildman–Crippen MR) is 66.0 cm³/mol. The highest BCUT2D eigenvalue weighted by Gasteiger charge is 2.06. The molecule has 18 heavy (non-hydrogen) atoms. The second kappa shape index (κ2) is 5.35. The van der Waals surface area contributed by atoms with Crippen LogP contribution in [0.2, 0.25) is 0 Å². The largest absolute Gasteiger partial charge is 0.467 e. The summed E-state index contributed by atoms with van der Waals surface area (Å²) in [5, 5.41) is 2.70. The van der Waals surface area contributed by atoms with Gasteiger partial charge in [0.05, 0.1) is 12.8 Å². The summed E-state index contributed by atoms with van der Waals surface area (Å²) in [5.74, 6) is 0.461. The zero-order valence-corrected chi connectivity index (χ0v) is 10.1. The maximum absolute atomic E-state index is 11.7. The Balaban J connectivity index is 1.97. The minimum atomic E-state index is -0.220. The molecule has 0 aliphatic rings. The van der Waals surface area contributed by atoms with Gasteiger partial charge in [-0.3, -0.25) is 9.59 Å². The van der Waals surface area contributed by atoms with E-state index in [1.54, 1.807) is 37.5 Å². The summed E-state index contributed by atoms with van der Waals surface area (Å²) in [7, 11) is 0. The van der Waals surface area contributed by atoms with Crippen molar-refractivity contribution < 1.29 is 9.21 Å². The zero-order valence-electron chi connectivity index (χ0n) is 10.1. The predicted octanol–water partition coefficient (Wildman–Crippen LogP) is 1.07. The number of aryl methyl sites for hydroxylation is 1. The van der Waals surface area contributed by atoms with Crippen molar-refractivity contribution in [2.45, 2.75) is 20.0 Å². The molecule has 0 saturated carbocycles. The molecule has 2 rings (SSSR count). The molecule has 0 bridgehead atoms. The molecule has 1 N–H and O–H groups in total. The summed E-state index contributed by atoms with van der Waals surface area (Å²) in [4.78, 5) is 23.3. The SMILES string of the molecule is Cc1cccc(=O)n1CC(=O)NCc1ccco1. The molecule has 0 atom stereocenters. The van der Waals surface area contributed by atoms with Crippen LogP contribution in [-0.4, -0.2) is 10.5 Å². The van der Waals surface area contributed by atoms with Gasteiger partial charge in [0, 0.05) is 11.8 Å². The second-order valence-electron chi connectivity index (χ2n) is 3.95. The lowest BCUT2D eigenvalue weighted by Gasteiger charge is -2.09. The van der Waals surface area contributed by atoms with Crippen molar-refractivity contribution in [1.82, 2.24) is 9.88 Å². The first-order valence-corrected chi connectivity index (χ1v) is 5.62. The Morgan fingerprint density at radius 3 is 2.83 bits per heavy atom. The van der Waals surface area contributed by atoms with Gasteiger partial charge in [-0.2, -0.15) is 0 Å². The summed E-state index contributed by atoms with van der Waals surface area (Å²) >= 11 is 0. The van der Waals surface area contributed by atoms with Crippen LogP contribution >= 0.6 is 0 Å². The smallest absolute Gasteiger partial charge is 0.251 e. The van der Waals surface area contributed by atoms with E-state index < -0.39 is 0 Å². The first kappa shape index (κ1) is 12.2. The maximum Gasteiger partial charge on any atom is 0.251 e. The van der Waals surface area contributed by atoms with E-state index in [2.05, 4.69) is 5.32 Å². The first-order chi connectivity index (χ1) is 8.66. The van der Waals surface area contributed by atoms with Crippen LogP contribution < -0.4 is 10.9 Å². The van der Waals surface area contributed by atoms with Crippen LogP contribution in [0.25, 0.3) is 0 Å². The normalized spacial score (nSPS) is 10.3. The van der Waals surface area contributed by atoms with Crippen LogP contribution in [0.15, 0.2) is 45.8 Å². The van der Waals surface area contributed by atoms with Gasteiger partial charge in [0.25, 0.3) is 5.56 Å². The molecule has 94 valence electrons. The van der Waals surface area contributed by atoms with Crippen molar-refractivity contribution in [1.29, 1.82) is 0 Å². The lowest BCUT2D eigenvalue weighted by Crippen LogP contribution is -2.32. The van der Waals surface area contributed by atoms with E-state index in [-0.39, 0.29) is 18.0 Å². The van der Waals surface area contributed by atoms with Gasteiger partial charge in [0.15, 0.2) is 0 Å². The van der Waals surface area contributed by atoms with Gasteiger partial charge >= 0.3 is 0 Å². The fraction of sp³-hybridized carbons (Fsp3) is 0.231. The van der Waals surface area contributed by atoms with Crippen LogP contribution in [0.1, 0.15) is 11.5 Å². The molecule has 5 heteroatoms. The molecule has 0 unspecified atom stereocenters.